The highest BCUT2D eigenvalue weighted by molar-refractivity contribution is 7.89. The summed E-state index contributed by atoms with van der Waals surface area (Å²) in [6.45, 7) is 0.583. The van der Waals surface area contributed by atoms with Gasteiger partial charge in [0.2, 0.25) is 21.8 Å². The summed E-state index contributed by atoms with van der Waals surface area (Å²) < 4.78 is 70.7. The summed E-state index contributed by atoms with van der Waals surface area (Å²) in [4.78, 5) is 42.0. The van der Waals surface area contributed by atoms with Gasteiger partial charge in [-0.2, -0.15) is 17.9 Å². The van der Waals surface area contributed by atoms with Crippen molar-refractivity contribution in [3.63, 3.8) is 0 Å². The molecular weight excluding hydrogens is 607 g/mol. The number of hydrogen-bond donors (Lipinski definition) is 2. The molecule has 10 nitrogen and oxygen atoms in total. The van der Waals surface area contributed by atoms with Crippen molar-refractivity contribution in [2.75, 3.05) is 44.7 Å². The number of nitrogens with zero attached hydrogens (tertiary/aromatic N) is 3. The smallest absolute Gasteiger partial charge is 0.349 e. The minimum absolute atomic E-state index is 0.0692. The molecule has 2 aromatic rings. The van der Waals surface area contributed by atoms with Crippen LogP contribution in [0.3, 0.4) is 0 Å². The van der Waals surface area contributed by atoms with Crippen LogP contribution in [0.15, 0.2) is 35.2 Å². The van der Waals surface area contributed by atoms with Gasteiger partial charge in [-0.1, -0.05) is 17.7 Å². The Morgan fingerprint density at radius 1 is 1.17 bits per heavy atom. The van der Waals surface area contributed by atoms with Crippen LogP contribution in [0.25, 0.3) is 0 Å². The number of rotatable bonds is 8. The number of benzene rings is 1. The normalized spacial score (nSPS) is 19.5. The van der Waals surface area contributed by atoms with E-state index in [-0.39, 0.29) is 34.3 Å². The number of piperazine rings is 1. The van der Waals surface area contributed by atoms with Crippen LogP contribution in [0.2, 0.25) is 4.34 Å². The molecule has 0 aliphatic carbocycles. The Kier molecular flexibility index (Phi) is 9.33. The standard InChI is InChI=1S/C25H29ClF3N5O5S2/c1-15-17(34-10-4-7-22(34)35)5-3-6-19(15)41(38,39)31-16(13-30-23(36)18-8-9-21(26)40-18)24(37)33-12-11-32(2)20(14-33)25(27,28)29/h3,5-6,8-9,16,20,31H,4,7,10-14H2,1-2H3,(H,30,36)/t16-,20?/m0/s1. The molecule has 2 N–H and O–H groups in total. The predicted octanol–water partition coefficient (Wildman–Crippen LogP) is 2.62. The number of nitrogens with one attached hydrogen (secondary N) is 2. The molecule has 0 saturated carbocycles. The second-order valence-electron chi connectivity index (χ2n) is 9.86. The van der Waals surface area contributed by atoms with Crippen LogP contribution >= 0.6 is 22.9 Å². The minimum Gasteiger partial charge on any atom is -0.349 e. The first-order valence-electron chi connectivity index (χ1n) is 12.7. The van der Waals surface area contributed by atoms with E-state index in [0.29, 0.717) is 29.4 Å². The van der Waals surface area contributed by atoms with E-state index in [1.807, 2.05) is 0 Å². The van der Waals surface area contributed by atoms with Crippen molar-refractivity contribution in [2.45, 2.75) is 42.9 Å². The minimum atomic E-state index is -4.61. The van der Waals surface area contributed by atoms with Crippen molar-refractivity contribution in [1.82, 2.24) is 19.8 Å². The average Bonchev–Trinajstić information content (AvgIpc) is 3.53. The van der Waals surface area contributed by atoms with Crippen molar-refractivity contribution in [1.29, 1.82) is 0 Å². The number of alkyl halides is 3. The Morgan fingerprint density at radius 2 is 1.90 bits per heavy atom. The van der Waals surface area contributed by atoms with E-state index < -0.39 is 53.2 Å². The summed E-state index contributed by atoms with van der Waals surface area (Å²) in [5, 5.41) is 2.49. The number of halogens is 4. The molecule has 2 fully saturated rings. The van der Waals surface area contributed by atoms with Crippen LogP contribution in [-0.2, 0) is 19.6 Å². The molecule has 4 rings (SSSR count). The quantitative estimate of drug-likeness (QED) is 0.461. The zero-order chi connectivity index (χ0) is 30.1. The van der Waals surface area contributed by atoms with Crippen LogP contribution in [0, 0.1) is 6.92 Å². The number of anilines is 1. The van der Waals surface area contributed by atoms with Gasteiger partial charge in [0.1, 0.15) is 12.1 Å². The van der Waals surface area contributed by atoms with Gasteiger partial charge in [-0.15, -0.1) is 11.3 Å². The Hall–Kier alpha value is -2.72. The molecule has 224 valence electrons. The third-order valence-electron chi connectivity index (χ3n) is 7.11. The number of amides is 3. The molecule has 16 heteroatoms. The maximum atomic E-state index is 13.6. The molecule has 2 aliphatic rings. The maximum absolute atomic E-state index is 13.6. The van der Waals surface area contributed by atoms with Gasteiger partial charge in [0.05, 0.1) is 14.1 Å². The van der Waals surface area contributed by atoms with Gasteiger partial charge in [-0.25, -0.2) is 8.42 Å². The Balaban J connectivity index is 1.61. The van der Waals surface area contributed by atoms with E-state index in [1.165, 1.54) is 43.1 Å². The number of hydrogen-bond acceptors (Lipinski definition) is 7. The molecule has 2 aliphatic heterocycles. The molecule has 3 heterocycles. The third-order valence-corrected chi connectivity index (χ3v) is 9.95. The molecule has 41 heavy (non-hydrogen) atoms. The van der Waals surface area contributed by atoms with Gasteiger partial charge in [0.15, 0.2) is 0 Å². The second-order valence-corrected chi connectivity index (χ2v) is 13.3. The summed E-state index contributed by atoms with van der Waals surface area (Å²) >= 11 is 6.86. The molecule has 3 amide bonds. The monoisotopic (exact) mass is 635 g/mol. The van der Waals surface area contributed by atoms with E-state index in [9.17, 15) is 36.0 Å². The summed E-state index contributed by atoms with van der Waals surface area (Å²) in [5.74, 6) is -1.69. The number of sulfonamides is 1. The highest BCUT2D eigenvalue weighted by atomic mass is 35.5. The lowest BCUT2D eigenvalue weighted by atomic mass is 10.1. The summed E-state index contributed by atoms with van der Waals surface area (Å²) in [6.07, 6.45) is -3.65. The largest absolute Gasteiger partial charge is 0.405 e. The Morgan fingerprint density at radius 3 is 2.51 bits per heavy atom. The first kappa shape index (κ1) is 31.2. The van der Waals surface area contributed by atoms with E-state index in [1.54, 1.807) is 6.07 Å². The van der Waals surface area contributed by atoms with Crippen LogP contribution in [0.4, 0.5) is 18.9 Å². The van der Waals surface area contributed by atoms with E-state index in [2.05, 4.69) is 10.0 Å². The fraction of sp³-hybridized carbons (Fsp3) is 0.480. The molecule has 2 atom stereocenters. The van der Waals surface area contributed by atoms with Crippen LogP contribution in [-0.4, -0.2) is 94.0 Å². The molecule has 1 aromatic heterocycles. The fourth-order valence-electron chi connectivity index (χ4n) is 4.89. The number of carbonyl (C=O) groups is 3. The summed E-state index contributed by atoms with van der Waals surface area (Å²) in [6, 6.07) is 3.79. The van der Waals surface area contributed by atoms with Gasteiger partial charge < -0.3 is 15.1 Å². The molecule has 0 radical (unpaired) electrons. The number of likely N-dealkylation sites (N-methyl/N-ethyl adjacent to an activating group) is 1. The zero-order valence-corrected chi connectivity index (χ0v) is 24.6. The first-order valence-corrected chi connectivity index (χ1v) is 15.4. The van der Waals surface area contributed by atoms with Crippen LogP contribution in [0.5, 0.6) is 0 Å². The van der Waals surface area contributed by atoms with Crippen molar-refractivity contribution in [3.05, 3.63) is 45.1 Å². The number of thiophene rings is 1. The maximum Gasteiger partial charge on any atom is 0.405 e. The molecule has 0 spiro atoms. The van der Waals surface area contributed by atoms with Crippen molar-refractivity contribution in [3.8, 4) is 0 Å². The van der Waals surface area contributed by atoms with Gasteiger partial charge in [0, 0.05) is 44.8 Å². The molecule has 1 unspecified atom stereocenters. The molecule has 0 bridgehead atoms. The van der Waals surface area contributed by atoms with E-state index in [4.69, 9.17) is 11.6 Å². The molecule has 2 saturated heterocycles. The average molecular weight is 636 g/mol. The molecular formula is C25H29ClF3N5O5S2. The highest BCUT2D eigenvalue weighted by Crippen LogP contribution is 2.30. The SMILES string of the molecule is Cc1c(N2CCCC2=O)cccc1S(=O)(=O)N[C@@H](CNC(=O)c1ccc(Cl)s1)C(=O)N1CCN(C)C(C(F)(F)F)C1. The van der Waals surface area contributed by atoms with Crippen LogP contribution in [0.1, 0.15) is 28.1 Å². The Bertz CT molecular complexity index is 1430. The van der Waals surface area contributed by atoms with E-state index >= 15 is 0 Å². The van der Waals surface area contributed by atoms with Gasteiger partial charge in [-0.3, -0.25) is 19.3 Å². The fourth-order valence-corrected chi connectivity index (χ4v) is 7.30. The van der Waals surface area contributed by atoms with Gasteiger partial charge >= 0.3 is 6.18 Å². The van der Waals surface area contributed by atoms with E-state index in [0.717, 1.165) is 21.1 Å². The lowest BCUT2D eigenvalue weighted by Crippen LogP contribution is -2.62. The van der Waals surface area contributed by atoms with Crippen molar-refractivity contribution >= 4 is 56.4 Å². The summed E-state index contributed by atoms with van der Waals surface area (Å²) in [5.41, 5.74) is 0.684. The topological polar surface area (TPSA) is 119 Å². The van der Waals surface area contributed by atoms with Crippen molar-refractivity contribution < 1.29 is 36.0 Å². The second kappa shape index (κ2) is 12.3. The molecule has 1 aromatic carbocycles. The van der Waals surface area contributed by atoms with Gasteiger partial charge in [0.25, 0.3) is 5.91 Å². The highest BCUT2D eigenvalue weighted by Gasteiger charge is 2.47. The van der Waals surface area contributed by atoms with Crippen molar-refractivity contribution in [2.24, 2.45) is 0 Å². The Labute approximate surface area is 244 Å². The van der Waals surface area contributed by atoms with Gasteiger partial charge in [-0.05, 0) is 50.2 Å². The zero-order valence-electron chi connectivity index (χ0n) is 22.2. The first-order chi connectivity index (χ1) is 19.2. The summed E-state index contributed by atoms with van der Waals surface area (Å²) in [7, 11) is -3.14. The predicted molar refractivity (Wildman–Crippen MR) is 148 cm³/mol. The van der Waals surface area contributed by atoms with Crippen LogP contribution < -0.4 is 14.9 Å². The lowest BCUT2D eigenvalue weighted by molar-refractivity contribution is -0.194. The third kappa shape index (κ3) is 7.02. The number of carbonyl (C=O) groups excluding carboxylic acids is 3. The lowest BCUT2D eigenvalue weighted by Gasteiger charge is -2.41.